The van der Waals surface area contributed by atoms with Crippen molar-refractivity contribution in [3.8, 4) is 0 Å². The molecule has 6 heteroatoms. The number of nitrogens with zero attached hydrogens (tertiary/aromatic N) is 3. The number of methoxy groups -OCH3 is 1. The van der Waals surface area contributed by atoms with Crippen molar-refractivity contribution in [3.63, 3.8) is 0 Å². The molecule has 6 nitrogen and oxygen atoms in total. The summed E-state index contributed by atoms with van der Waals surface area (Å²) in [6.45, 7) is 3.80. The molecule has 2 saturated heterocycles. The predicted molar refractivity (Wildman–Crippen MR) is 104 cm³/mol. The zero-order valence-electron chi connectivity index (χ0n) is 16.1. The summed E-state index contributed by atoms with van der Waals surface area (Å²) >= 11 is 0. The molecular weight excluding hydrogens is 328 g/mol. The van der Waals surface area contributed by atoms with E-state index in [1.165, 1.54) is 25.8 Å². The van der Waals surface area contributed by atoms with E-state index in [0.29, 0.717) is 17.7 Å². The minimum absolute atomic E-state index is 0.0272. The Morgan fingerprint density at radius 3 is 2.69 bits per heavy atom. The van der Waals surface area contributed by atoms with Gasteiger partial charge in [-0.15, -0.1) is 0 Å². The van der Waals surface area contributed by atoms with E-state index in [1.54, 1.807) is 13.3 Å². The molecule has 144 valence electrons. The molecule has 0 saturated carbocycles. The van der Waals surface area contributed by atoms with E-state index < -0.39 is 0 Å². The Morgan fingerprint density at radius 1 is 1.23 bits per heavy atom. The van der Waals surface area contributed by atoms with Gasteiger partial charge in [0.25, 0.3) is 5.91 Å². The van der Waals surface area contributed by atoms with Crippen LogP contribution in [-0.2, 0) is 4.74 Å². The van der Waals surface area contributed by atoms with E-state index in [0.717, 1.165) is 44.7 Å². The molecule has 1 amide bonds. The van der Waals surface area contributed by atoms with E-state index in [9.17, 15) is 4.79 Å². The van der Waals surface area contributed by atoms with Crippen LogP contribution >= 0.6 is 0 Å². The fourth-order valence-corrected chi connectivity index (χ4v) is 3.99. The van der Waals surface area contributed by atoms with E-state index >= 15 is 0 Å². The third-order valence-electron chi connectivity index (χ3n) is 5.79. The number of aromatic nitrogens is 1. The highest BCUT2D eigenvalue weighted by Crippen LogP contribution is 2.20. The van der Waals surface area contributed by atoms with Crippen LogP contribution < -0.4 is 10.2 Å². The van der Waals surface area contributed by atoms with Crippen LogP contribution in [0.2, 0.25) is 0 Å². The molecule has 0 bridgehead atoms. The van der Waals surface area contributed by atoms with Crippen LogP contribution in [0.4, 0.5) is 5.82 Å². The van der Waals surface area contributed by atoms with Crippen LogP contribution in [-0.4, -0.2) is 68.3 Å². The molecule has 1 N–H and O–H groups in total. The summed E-state index contributed by atoms with van der Waals surface area (Å²) < 4.78 is 5.41. The van der Waals surface area contributed by atoms with Crippen molar-refractivity contribution in [2.45, 2.75) is 50.7 Å². The zero-order chi connectivity index (χ0) is 18.4. The molecule has 3 heterocycles. The quantitative estimate of drug-likeness (QED) is 0.844. The van der Waals surface area contributed by atoms with Gasteiger partial charge in [0.2, 0.25) is 0 Å². The molecule has 0 radical (unpaired) electrons. The number of carbonyl (C=O) groups excluding carboxylic acids is 1. The largest absolute Gasteiger partial charge is 0.381 e. The molecule has 1 aromatic rings. The first-order valence-corrected chi connectivity index (χ1v) is 9.89. The van der Waals surface area contributed by atoms with Gasteiger partial charge in [-0.3, -0.25) is 4.79 Å². The van der Waals surface area contributed by atoms with Crippen molar-refractivity contribution in [1.29, 1.82) is 0 Å². The number of amides is 1. The van der Waals surface area contributed by atoms with E-state index in [4.69, 9.17) is 4.74 Å². The number of anilines is 1. The Balaban J connectivity index is 1.45. The first kappa shape index (κ1) is 19.1. The first-order valence-electron chi connectivity index (χ1n) is 9.89. The first-order chi connectivity index (χ1) is 12.7. The maximum Gasteiger partial charge on any atom is 0.252 e. The van der Waals surface area contributed by atoms with Gasteiger partial charge in [0, 0.05) is 39.0 Å². The monoisotopic (exact) mass is 360 g/mol. The smallest absolute Gasteiger partial charge is 0.252 e. The van der Waals surface area contributed by atoms with Crippen molar-refractivity contribution >= 4 is 11.7 Å². The second kappa shape index (κ2) is 9.33. The number of carbonyl (C=O) groups is 1. The summed E-state index contributed by atoms with van der Waals surface area (Å²) in [5, 5.41) is 3.04. The van der Waals surface area contributed by atoms with Gasteiger partial charge in [-0.2, -0.15) is 0 Å². The summed E-state index contributed by atoms with van der Waals surface area (Å²) in [7, 11) is 3.96. The molecule has 0 spiro atoms. The zero-order valence-corrected chi connectivity index (χ0v) is 16.1. The number of likely N-dealkylation sites (tertiary alicyclic amines) is 1. The second-order valence-corrected chi connectivity index (χ2v) is 7.50. The topological polar surface area (TPSA) is 57.7 Å². The molecule has 0 aliphatic carbocycles. The normalized spacial score (nSPS) is 22.4. The van der Waals surface area contributed by atoms with Crippen molar-refractivity contribution in [2.24, 2.45) is 0 Å². The van der Waals surface area contributed by atoms with Gasteiger partial charge in [0.15, 0.2) is 0 Å². The number of hydrogen-bond acceptors (Lipinski definition) is 5. The summed E-state index contributed by atoms with van der Waals surface area (Å²) in [6, 6.07) is 4.43. The lowest BCUT2D eigenvalue weighted by Gasteiger charge is -2.32. The molecule has 26 heavy (non-hydrogen) atoms. The van der Waals surface area contributed by atoms with Crippen LogP contribution in [0.3, 0.4) is 0 Å². The molecule has 1 unspecified atom stereocenters. The predicted octanol–water partition coefficient (Wildman–Crippen LogP) is 2.30. The van der Waals surface area contributed by atoms with Gasteiger partial charge in [-0.25, -0.2) is 4.98 Å². The van der Waals surface area contributed by atoms with Crippen LogP contribution in [0.5, 0.6) is 0 Å². The third kappa shape index (κ3) is 4.95. The van der Waals surface area contributed by atoms with Crippen molar-refractivity contribution in [1.82, 2.24) is 15.2 Å². The van der Waals surface area contributed by atoms with Gasteiger partial charge in [-0.1, -0.05) is 6.42 Å². The van der Waals surface area contributed by atoms with Crippen molar-refractivity contribution < 1.29 is 9.53 Å². The van der Waals surface area contributed by atoms with Gasteiger partial charge < -0.3 is 19.9 Å². The molecule has 1 atom stereocenters. The van der Waals surface area contributed by atoms with E-state index in [2.05, 4.69) is 27.1 Å². The van der Waals surface area contributed by atoms with Gasteiger partial charge >= 0.3 is 0 Å². The van der Waals surface area contributed by atoms with Gasteiger partial charge in [-0.05, 0) is 57.8 Å². The second-order valence-electron chi connectivity index (χ2n) is 7.50. The number of rotatable bonds is 6. The molecule has 2 aliphatic rings. The highest BCUT2D eigenvalue weighted by Gasteiger charge is 2.20. The molecule has 1 aromatic heterocycles. The summed E-state index contributed by atoms with van der Waals surface area (Å²) in [5.41, 5.74) is 0.637. The molecular formula is C20H32N4O2. The number of piperidine rings is 2. The maximum absolute atomic E-state index is 12.3. The minimum Gasteiger partial charge on any atom is -0.381 e. The fraction of sp³-hybridized carbons (Fsp3) is 0.700. The van der Waals surface area contributed by atoms with Crippen molar-refractivity contribution in [3.05, 3.63) is 23.9 Å². The van der Waals surface area contributed by atoms with Crippen LogP contribution in [0.1, 0.15) is 48.9 Å². The SMILES string of the molecule is COC1CCN(c2ccc(C(=O)NCCC3CCCCN3C)cn2)CC1. The van der Waals surface area contributed by atoms with E-state index in [-0.39, 0.29) is 5.91 Å². The Hall–Kier alpha value is -1.66. The summed E-state index contributed by atoms with van der Waals surface area (Å²) in [4.78, 5) is 21.5. The van der Waals surface area contributed by atoms with Crippen LogP contribution in [0.15, 0.2) is 18.3 Å². The lowest BCUT2D eigenvalue weighted by molar-refractivity contribution is 0.0818. The highest BCUT2D eigenvalue weighted by molar-refractivity contribution is 5.94. The minimum atomic E-state index is -0.0272. The van der Waals surface area contributed by atoms with Gasteiger partial charge in [0.05, 0.1) is 11.7 Å². The molecule has 0 aromatic carbocycles. The highest BCUT2D eigenvalue weighted by atomic mass is 16.5. The maximum atomic E-state index is 12.3. The average molecular weight is 361 g/mol. The summed E-state index contributed by atoms with van der Waals surface area (Å²) in [5.74, 6) is 0.917. The Labute approximate surface area is 156 Å². The fourth-order valence-electron chi connectivity index (χ4n) is 3.99. The van der Waals surface area contributed by atoms with Crippen LogP contribution in [0, 0.1) is 0 Å². The Kier molecular flexibility index (Phi) is 6.86. The lowest BCUT2D eigenvalue weighted by Crippen LogP contribution is -2.39. The Bertz CT molecular complexity index is 570. The Morgan fingerprint density at radius 2 is 2.04 bits per heavy atom. The van der Waals surface area contributed by atoms with Gasteiger partial charge in [0.1, 0.15) is 5.82 Å². The lowest BCUT2D eigenvalue weighted by atomic mass is 10.0. The van der Waals surface area contributed by atoms with Crippen LogP contribution in [0.25, 0.3) is 0 Å². The number of ether oxygens (including phenoxy) is 1. The molecule has 3 rings (SSSR count). The standard InChI is InChI=1S/C20H32N4O2/c1-23-12-4-3-5-17(23)8-11-21-20(25)16-6-7-19(22-15-16)24-13-9-18(26-2)10-14-24/h6-7,15,17-18H,3-5,8-14H2,1-2H3,(H,21,25). The number of nitrogens with one attached hydrogen (secondary N) is 1. The van der Waals surface area contributed by atoms with Crippen molar-refractivity contribution in [2.75, 3.05) is 45.2 Å². The number of pyridine rings is 1. The summed E-state index contributed by atoms with van der Waals surface area (Å²) in [6.07, 6.45) is 8.95. The number of hydrogen-bond donors (Lipinski definition) is 1. The molecule has 2 fully saturated rings. The third-order valence-corrected chi connectivity index (χ3v) is 5.79. The average Bonchev–Trinajstić information content (AvgIpc) is 2.69. The van der Waals surface area contributed by atoms with E-state index in [1.807, 2.05) is 12.1 Å². The molecule has 2 aliphatic heterocycles.